The number of carbonyl (C=O) groups is 1. The van der Waals surface area contributed by atoms with Crippen LogP contribution < -0.4 is 4.90 Å². The number of unbranched alkanes of at least 4 members (excludes halogenated alkanes) is 2. The Hall–Kier alpha value is -4.11. The lowest BCUT2D eigenvalue weighted by Crippen LogP contribution is -2.43. The van der Waals surface area contributed by atoms with Crippen molar-refractivity contribution < 1.29 is 9.21 Å². The Labute approximate surface area is 243 Å². The molecule has 1 aromatic heterocycles. The third-order valence-corrected chi connectivity index (χ3v) is 8.65. The van der Waals surface area contributed by atoms with E-state index in [1.165, 1.54) is 5.69 Å². The Balaban J connectivity index is 1.52. The third-order valence-electron chi connectivity index (χ3n) is 8.65. The van der Waals surface area contributed by atoms with E-state index in [4.69, 9.17) is 4.42 Å². The van der Waals surface area contributed by atoms with Crippen LogP contribution in [-0.4, -0.2) is 18.9 Å². The minimum absolute atomic E-state index is 0.152. The van der Waals surface area contributed by atoms with Crippen molar-refractivity contribution in [3.8, 4) is 11.3 Å². The van der Waals surface area contributed by atoms with Gasteiger partial charge in [-0.05, 0) is 54.5 Å². The highest BCUT2D eigenvalue weighted by Gasteiger charge is 2.48. The first-order valence-corrected chi connectivity index (χ1v) is 15.2. The predicted molar refractivity (Wildman–Crippen MR) is 170 cm³/mol. The molecule has 41 heavy (non-hydrogen) atoms. The van der Waals surface area contributed by atoms with Crippen LogP contribution in [0, 0.1) is 0 Å². The summed E-state index contributed by atoms with van der Waals surface area (Å²) in [4.78, 5) is 17.5. The van der Waals surface area contributed by atoms with Crippen LogP contribution in [0.1, 0.15) is 66.6 Å². The summed E-state index contributed by atoms with van der Waals surface area (Å²) in [6, 6.07) is 35.7. The van der Waals surface area contributed by atoms with Crippen LogP contribution in [0.4, 0.5) is 5.69 Å². The number of anilines is 1. The summed E-state index contributed by atoms with van der Waals surface area (Å²) in [5, 5.41) is 0.916. The molecular formula is C38H39NO2. The number of ketones is 1. The molecule has 0 amide bonds. The van der Waals surface area contributed by atoms with Gasteiger partial charge >= 0.3 is 0 Å². The largest absolute Gasteiger partial charge is 0.455 e. The molecule has 0 aliphatic heterocycles. The molecule has 1 aliphatic carbocycles. The van der Waals surface area contributed by atoms with Crippen LogP contribution in [-0.2, 0) is 18.3 Å². The van der Waals surface area contributed by atoms with Gasteiger partial charge in [-0.25, -0.2) is 0 Å². The van der Waals surface area contributed by atoms with Gasteiger partial charge in [-0.1, -0.05) is 112 Å². The Morgan fingerprint density at radius 1 is 0.707 bits per heavy atom. The number of fused-ring (bicyclic) bond motifs is 5. The van der Waals surface area contributed by atoms with Crippen molar-refractivity contribution in [2.24, 2.45) is 0 Å². The zero-order valence-electron chi connectivity index (χ0n) is 24.2. The highest BCUT2D eigenvalue weighted by atomic mass is 16.3. The molecule has 0 bridgehead atoms. The van der Waals surface area contributed by atoms with Crippen molar-refractivity contribution in [2.45, 2.75) is 57.8 Å². The lowest BCUT2D eigenvalue weighted by molar-refractivity contribution is 0.0878. The molecule has 0 unspecified atom stereocenters. The molecule has 3 nitrogen and oxygen atoms in total. The Morgan fingerprint density at radius 3 is 1.90 bits per heavy atom. The van der Waals surface area contributed by atoms with Gasteiger partial charge in [-0.15, -0.1) is 0 Å². The maximum absolute atomic E-state index is 15.0. The highest BCUT2D eigenvalue weighted by molar-refractivity contribution is 6.19. The maximum Gasteiger partial charge on any atom is 0.178 e. The predicted octanol–water partition coefficient (Wildman–Crippen LogP) is 9.43. The monoisotopic (exact) mass is 541 g/mol. The lowest BCUT2D eigenvalue weighted by Gasteiger charge is -2.38. The fourth-order valence-electron chi connectivity index (χ4n) is 6.53. The zero-order valence-corrected chi connectivity index (χ0v) is 24.2. The second kappa shape index (κ2) is 11.8. The number of hydrogen-bond acceptors (Lipinski definition) is 3. The molecule has 0 saturated heterocycles. The first-order chi connectivity index (χ1) is 20.1. The van der Waals surface area contributed by atoms with Gasteiger partial charge in [0.05, 0.1) is 11.0 Å². The van der Waals surface area contributed by atoms with Crippen LogP contribution in [0.5, 0.6) is 0 Å². The van der Waals surface area contributed by atoms with Crippen LogP contribution >= 0.6 is 0 Å². The summed E-state index contributed by atoms with van der Waals surface area (Å²) in [6.45, 7) is 6.53. The van der Waals surface area contributed by atoms with Gasteiger partial charge in [0, 0.05) is 35.8 Å². The molecule has 0 fully saturated rings. The van der Waals surface area contributed by atoms with Gasteiger partial charge in [0.2, 0.25) is 0 Å². The number of carbonyl (C=O) groups excluding carboxylic acids is 1. The summed E-state index contributed by atoms with van der Waals surface area (Å²) in [5.41, 5.74) is 6.36. The van der Waals surface area contributed by atoms with E-state index < -0.39 is 5.41 Å². The molecule has 4 aromatic carbocycles. The normalized spacial score (nSPS) is 13.7. The third kappa shape index (κ3) is 5.10. The standard InChI is InChI=1S/C38H39NO2/c1-3-5-23-39(24-6-4-2)30-21-22-32-34(25-30)41-36-31-19-13-14-20-33(31)38(37(40)35(32)36,26-28-15-9-7-10-16-28)27-29-17-11-8-12-18-29/h7-22,25H,3-6,23-24,26-27H2,1-2H3. The van der Waals surface area contributed by atoms with Crippen molar-refractivity contribution in [1.82, 2.24) is 0 Å². The van der Waals surface area contributed by atoms with Gasteiger partial charge in [0.15, 0.2) is 5.78 Å². The minimum Gasteiger partial charge on any atom is -0.455 e. The first-order valence-electron chi connectivity index (χ1n) is 15.2. The zero-order chi connectivity index (χ0) is 28.2. The number of Topliss-reactive ketones (excluding diaryl/α,β-unsaturated/α-hetero) is 1. The van der Waals surface area contributed by atoms with E-state index in [-0.39, 0.29) is 5.78 Å². The summed E-state index contributed by atoms with van der Waals surface area (Å²) < 4.78 is 6.63. The quantitative estimate of drug-likeness (QED) is 0.167. The maximum atomic E-state index is 15.0. The minimum atomic E-state index is -0.740. The number of rotatable bonds is 11. The molecule has 3 heteroatoms. The number of benzene rings is 4. The molecule has 208 valence electrons. The summed E-state index contributed by atoms with van der Waals surface area (Å²) in [6.07, 6.45) is 5.90. The Kier molecular flexibility index (Phi) is 7.78. The van der Waals surface area contributed by atoms with Gasteiger partial charge in [0.25, 0.3) is 0 Å². The second-order valence-corrected chi connectivity index (χ2v) is 11.5. The van der Waals surface area contributed by atoms with Crippen LogP contribution in [0.3, 0.4) is 0 Å². The van der Waals surface area contributed by atoms with Crippen molar-refractivity contribution in [3.05, 3.63) is 125 Å². The summed E-state index contributed by atoms with van der Waals surface area (Å²) >= 11 is 0. The van der Waals surface area contributed by atoms with Gasteiger partial charge < -0.3 is 9.32 Å². The average molecular weight is 542 g/mol. The van der Waals surface area contributed by atoms with Gasteiger partial charge in [-0.3, -0.25) is 4.79 Å². The van der Waals surface area contributed by atoms with E-state index in [2.05, 4.69) is 110 Å². The molecule has 1 aliphatic rings. The topological polar surface area (TPSA) is 33.5 Å². The number of furan rings is 1. The number of nitrogens with zero attached hydrogens (tertiary/aromatic N) is 1. The van der Waals surface area contributed by atoms with Crippen molar-refractivity contribution in [3.63, 3.8) is 0 Å². The van der Waals surface area contributed by atoms with Gasteiger partial charge in [-0.2, -0.15) is 0 Å². The molecular weight excluding hydrogens is 502 g/mol. The molecule has 0 saturated carbocycles. The van der Waals surface area contributed by atoms with Gasteiger partial charge in [0.1, 0.15) is 11.3 Å². The van der Waals surface area contributed by atoms with Crippen LogP contribution in [0.2, 0.25) is 0 Å². The number of hydrogen-bond donors (Lipinski definition) is 0. The summed E-state index contributed by atoms with van der Waals surface area (Å²) in [5.74, 6) is 0.863. The van der Waals surface area contributed by atoms with Crippen LogP contribution in [0.15, 0.2) is 108 Å². The molecule has 0 N–H and O–H groups in total. The molecule has 0 atom stereocenters. The van der Waals surface area contributed by atoms with E-state index in [0.717, 1.165) is 77.6 Å². The van der Waals surface area contributed by atoms with E-state index in [0.29, 0.717) is 18.6 Å². The van der Waals surface area contributed by atoms with Crippen LogP contribution in [0.25, 0.3) is 22.3 Å². The average Bonchev–Trinajstić information content (AvgIpc) is 3.40. The molecule has 1 heterocycles. The molecule has 6 rings (SSSR count). The van der Waals surface area contributed by atoms with Crippen molar-refractivity contribution in [2.75, 3.05) is 18.0 Å². The molecule has 0 spiro atoms. The van der Waals surface area contributed by atoms with E-state index in [1.54, 1.807) is 0 Å². The first kappa shape index (κ1) is 27.1. The smallest absolute Gasteiger partial charge is 0.178 e. The summed E-state index contributed by atoms with van der Waals surface area (Å²) in [7, 11) is 0. The molecule has 0 radical (unpaired) electrons. The van der Waals surface area contributed by atoms with E-state index in [9.17, 15) is 0 Å². The fourth-order valence-corrected chi connectivity index (χ4v) is 6.53. The van der Waals surface area contributed by atoms with E-state index in [1.807, 2.05) is 12.1 Å². The van der Waals surface area contributed by atoms with Crippen molar-refractivity contribution >= 4 is 22.4 Å². The Morgan fingerprint density at radius 2 is 1.29 bits per heavy atom. The highest BCUT2D eigenvalue weighted by Crippen LogP contribution is 2.50. The Bertz CT molecular complexity index is 1580. The molecule has 5 aromatic rings. The fraction of sp³-hybridized carbons (Fsp3) is 0.289. The lowest BCUT2D eigenvalue weighted by atomic mass is 9.62. The van der Waals surface area contributed by atoms with Crippen molar-refractivity contribution in [1.29, 1.82) is 0 Å². The SMILES string of the molecule is CCCCN(CCCC)c1ccc2c3c(oc2c1)-c1ccccc1C(Cc1ccccc1)(Cc1ccccc1)C3=O. The van der Waals surface area contributed by atoms with E-state index >= 15 is 4.79 Å². The second-order valence-electron chi connectivity index (χ2n) is 11.5.